The van der Waals surface area contributed by atoms with E-state index in [0.717, 1.165) is 25.3 Å². The summed E-state index contributed by atoms with van der Waals surface area (Å²) in [6.45, 7) is 6.86. The van der Waals surface area contributed by atoms with Crippen LogP contribution in [0.4, 0.5) is 5.82 Å². The first-order valence-electron chi connectivity index (χ1n) is 6.60. The minimum atomic E-state index is 0.0965. The number of anilines is 1. The molecular weight excluding hydrogens is 244 g/mol. The molecule has 0 saturated carbocycles. The predicted octanol–water partition coefficient (Wildman–Crippen LogP) is 1.07. The second-order valence-electron chi connectivity index (χ2n) is 4.50. The van der Waals surface area contributed by atoms with Crippen LogP contribution in [0, 0.1) is 0 Å². The maximum absolute atomic E-state index is 5.58. The first-order valence-corrected chi connectivity index (χ1v) is 6.60. The van der Waals surface area contributed by atoms with Crippen molar-refractivity contribution in [1.82, 2.24) is 9.97 Å². The molecule has 0 fully saturated rings. The fourth-order valence-corrected chi connectivity index (χ4v) is 1.63. The molecule has 0 saturated heterocycles. The van der Waals surface area contributed by atoms with E-state index in [4.69, 9.17) is 15.2 Å². The molecule has 1 aromatic rings. The smallest absolute Gasteiger partial charge is 0.218 e. The largest absolute Gasteiger partial charge is 0.475 e. The minimum absolute atomic E-state index is 0.0965. The summed E-state index contributed by atoms with van der Waals surface area (Å²) in [4.78, 5) is 10.5. The second-order valence-corrected chi connectivity index (χ2v) is 4.50. The number of rotatable bonds is 9. The molecule has 1 heterocycles. The van der Waals surface area contributed by atoms with Gasteiger partial charge in [-0.3, -0.25) is 0 Å². The fourth-order valence-electron chi connectivity index (χ4n) is 1.63. The number of nitrogens with two attached hydrogens (primary N) is 1. The van der Waals surface area contributed by atoms with Crippen LogP contribution in [-0.2, 0) is 4.74 Å². The summed E-state index contributed by atoms with van der Waals surface area (Å²) in [5.74, 6) is 1.44. The highest BCUT2D eigenvalue weighted by atomic mass is 16.5. The molecule has 6 heteroatoms. The van der Waals surface area contributed by atoms with Crippen molar-refractivity contribution in [2.45, 2.75) is 26.4 Å². The van der Waals surface area contributed by atoms with Crippen LogP contribution in [0.2, 0.25) is 0 Å². The Bertz CT molecular complexity index is 352. The summed E-state index contributed by atoms with van der Waals surface area (Å²) < 4.78 is 10.7. The highest BCUT2D eigenvalue weighted by Gasteiger charge is 2.09. The summed E-state index contributed by atoms with van der Waals surface area (Å²) in [7, 11) is 1.69. The molecule has 0 aliphatic heterocycles. The Morgan fingerprint density at radius 2 is 2.11 bits per heavy atom. The van der Waals surface area contributed by atoms with Crippen LogP contribution >= 0.6 is 0 Å². The highest BCUT2D eigenvalue weighted by molar-refractivity contribution is 5.40. The van der Waals surface area contributed by atoms with Crippen molar-refractivity contribution in [3.8, 4) is 5.88 Å². The lowest BCUT2D eigenvalue weighted by atomic mass is 10.3. The zero-order valence-corrected chi connectivity index (χ0v) is 12.0. The first kappa shape index (κ1) is 15.7. The van der Waals surface area contributed by atoms with Crippen LogP contribution < -0.4 is 15.4 Å². The van der Waals surface area contributed by atoms with E-state index in [-0.39, 0.29) is 6.10 Å². The van der Waals surface area contributed by atoms with Gasteiger partial charge in [-0.2, -0.15) is 0 Å². The molecule has 0 bridgehead atoms. The van der Waals surface area contributed by atoms with Gasteiger partial charge in [0.2, 0.25) is 5.88 Å². The third kappa shape index (κ3) is 5.85. The van der Waals surface area contributed by atoms with Gasteiger partial charge in [-0.25, -0.2) is 9.97 Å². The molecule has 0 aliphatic carbocycles. The molecule has 0 spiro atoms. The molecule has 0 aromatic carbocycles. The lowest BCUT2D eigenvalue weighted by Crippen LogP contribution is -2.30. The number of hydrogen-bond acceptors (Lipinski definition) is 6. The molecule has 2 N–H and O–H groups in total. The molecule has 0 atom stereocenters. The second kappa shape index (κ2) is 8.66. The van der Waals surface area contributed by atoms with Crippen molar-refractivity contribution >= 4 is 5.82 Å². The number of ether oxygens (including phenoxy) is 2. The summed E-state index contributed by atoms with van der Waals surface area (Å²) in [5, 5.41) is 0. The minimum Gasteiger partial charge on any atom is -0.475 e. The Hall–Kier alpha value is -1.40. The average molecular weight is 268 g/mol. The Labute approximate surface area is 114 Å². The molecular formula is C13H24N4O2. The van der Waals surface area contributed by atoms with E-state index in [9.17, 15) is 0 Å². The van der Waals surface area contributed by atoms with Gasteiger partial charge in [0.15, 0.2) is 0 Å². The Kier molecular flexibility index (Phi) is 7.14. The van der Waals surface area contributed by atoms with Crippen molar-refractivity contribution < 1.29 is 9.47 Å². The van der Waals surface area contributed by atoms with Gasteiger partial charge in [0.05, 0.1) is 12.7 Å². The Morgan fingerprint density at radius 3 is 2.74 bits per heavy atom. The van der Waals surface area contributed by atoms with Crippen molar-refractivity contribution in [2.24, 2.45) is 5.73 Å². The maximum Gasteiger partial charge on any atom is 0.218 e. The number of methoxy groups -OCH3 is 1. The van der Waals surface area contributed by atoms with Gasteiger partial charge in [-0.15, -0.1) is 0 Å². The molecule has 0 radical (unpaired) electrons. The number of hydrogen-bond donors (Lipinski definition) is 1. The van der Waals surface area contributed by atoms with Crippen LogP contribution in [0.25, 0.3) is 0 Å². The van der Waals surface area contributed by atoms with Crippen molar-refractivity contribution in [1.29, 1.82) is 0 Å². The van der Waals surface area contributed by atoms with E-state index in [1.165, 1.54) is 6.33 Å². The van der Waals surface area contributed by atoms with Gasteiger partial charge >= 0.3 is 0 Å². The zero-order chi connectivity index (χ0) is 14.1. The van der Waals surface area contributed by atoms with Gasteiger partial charge in [0.25, 0.3) is 0 Å². The third-order valence-corrected chi connectivity index (χ3v) is 2.51. The van der Waals surface area contributed by atoms with E-state index in [2.05, 4.69) is 14.9 Å². The quantitative estimate of drug-likeness (QED) is 0.722. The molecule has 6 nitrogen and oxygen atoms in total. The third-order valence-electron chi connectivity index (χ3n) is 2.51. The monoisotopic (exact) mass is 268 g/mol. The molecule has 1 aromatic heterocycles. The first-order chi connectivity index (χ1) is 9.17. The van der Waals surface area contributed by atoms with Crippen LogP contribution in [0.15, 0.2) is 12.4 Å². The van der Waals surface area contributed by atoms with E-state index in [1.807, 2.05) is 19.9 Å². The van der Waals surface area contributed by atoms with Crippen molar-refractivity contribution in [3.05, 3.63) is 12.4 Å². The van der Waals surface area contributed by atoms with Crippen molar-refractivity contribution in [3.63, 3.8) is 0 Å². The van der Waals surface area contributed by atoms with Crippen molar-refractivity contribution in [2.75, 3.05) is 38.3 Å². The van der Waals surface area contributed by atoms with Crippen LogP contribution in [0.3, 0.4) is 0 Å². The van der Waals surface area contributed by atoms with E-state index in [0.29, 0.717) is 19.0 Å². The molecule has 0 unspecified atom stereocenters. The van der Waals surface area contributed by atoms with Crippen LogP contribution in [0.5, 0.6) is 5.88 Å². The SMILES string of the molecule is COCCN(CCCN)c1cc(OC(C)C)ncn1. The highest BCUT2D eigenvalue weighted by Crippen LogP contribution is 2.16. The standard InChI is InChI=1S/C13H24N4O2/c1-11(2)19-13-9-12(15-10-16-13)17(6-4-5-14)7-8-18-3/h9-11H,4-8,14H2,1-3H3. The molecule has 108 valence electrons. The number of aromatic nitrogens is 2. The van der Waals surface area contributed by atoms with Gasteiger partial charge in [-0.1, -0.05) is 0 Å². The van der Waals surface area contributed by atoms with E-state index < -0.39 is 0 Å². The Morgan fingerprint density at radius 1 is 1.32 bits per heavy atom. The summed E-state index contributed by atoms with van der Waals surface area (Å²) in [6.07, 6.45) is 2.53. The lowest BCUT2D eigenvalue weighted by molar-refractivity contribution is 0.205. The molecule has 19 heavy (non-hydrogen) atoms. The predicted molar refractivity (Wildman–Crippen MR) is 75.6 cm³/mol. The number of nitrogens with zero attached hydrogens (tertiary/aromatic N) is 3. The average Bonchev–Trinajstić information content (AvgIpc) is 2.38. The molecule has 0 amide bonds. The normalized spacial score (nSPS) is 10.8. The lowest BCUT2D eigenvalue weighted by Gasteiger charge is -2.23. The van der Waals surface area contributed by atoms with E-state index >= 15 is 0 Å². The van der Waals surface area contributed by atoms with Gasteiger partial charge in [0.1, 0.15) is 12.1 Å². The topological polar surface area (TPSA) is 73.5 Å². The summed E-state index contributed by atoms with van der Waals surface area (Å²) in [6, 6.07) is 1.85. The maximum atomic E-state index is 5.58. The van der Waals surface area contributed by atoms with E-state index in [1.54, 1.807) is 7.11 Å². The Balaban J connectivity index is 2.75. The van der Waals surface area contributed by atoms with Gasteiger partial charge in [0, 0.05) is 26.3 Å². The molecule has 0 aliphatic rings. The summed E-state index contributed by atoms with van der Waals surface area (Å²) >= 11 is 0. The molecule has 1 rings (SSSR count). The van der Waals surface area contributed by atoms with Crippen LogP contribution in [0.1, 0.15) is 20.3 Å². The fraction of sp³-hybridized carbons (Fsp3) is 0.692. The van der Waals surface area contributed by atoms with Crippen LogP contribution in [-0.4, -0.2) is 49.4 Å². The zero-order valence-electron chi connectivity index (χ0n) is 12.0. The van der Waals surface area contributed by atoms with Gasteiger partial charge < -0.3 is 20.1 Å². The van der Waals surface area contributed by atoms with Gasteiger partial charge in [-0.05, 0) is 26.8 Å². The summed E-state index contributed by atoms with van der Waals surface area (Å²) in [5.41, 5.74) is 5.56.